The molecule has 0 N–H and O–H groups in total. The Morgan fingerprint density at radius 1 is 1.08 bits per heavy atom. The molecule has 0 radical (unpaired) electrons. The van der Waals surface area contributed by atoms with Gasteiger partial charge in [0.2, 0.25) is 5.91 Å². The molecule has 1 saturated carbocycles. The van der Waals surface area contributed by atoms with Crippen molar-refractivity contribution in [2.24, 2.45) is 5.92 Å². The molecule has 130 valence electrons. The van der Waals surface area contributed by atoms with E-state index in [4.69, 9.17) is 0 Å². The summed E-state index contributed by atoms with van der Waals surface area (Å²) in [6, 6.07) is 6.54. The fourth-order valence-electron chi connectivity index (χ4n) is 4.50. The Morgan fingerprint density at radius 3 is 2.46 bits per heavy atom. The van der Waals surface area contributed by atoms with Crippen LogP contribution in [0.1, 0.15) is 44.1 Å². The molecule has 1 aromatic rings. The Labute approximate surface area is 143 Å². The lowest BCUT2D eigenvalue weighted by atomic mass is 9.94. The van der Waals surface area contributed by atoms with Gasteiger partial charge in [-0.25, -0.2) is 4.39 Å². The Hall–Kier alpha value is -1.42. The number of likely N-dealkylation sites (tertiary alicyclic amines) is 2. The molecule has 3 aliphatic rings. The molecular formula is C20H27FN2O. The van der Waals surface area contributed by atoms with Crippen molar-refractivity contribution in [3.05, 3.63) is 35.6 Å². The van der Waals surface area contributed by atoms with E-state index in [2.05, 4.69) is 9.80 Å². The second kappa shape index (κ2) is 6.47. The number of piperidine rings is 1. The second-order valence-electron chi connectivity index (χ2n) is 7.86. The van der Waals surface area contributed by atoms with E-state index in [1.54, 1.807) is 12.1 Å². The van der Waals surface area contributed by atoms with Crippen molar-refractivity contribution < 1.29 is 9.18 Å². The van der Waals surface area contributed by atoms with E-state index < -0.39 is 0 Å². The van der Waals surface area contributed by atoms with Gasteiger partial charge in [-0.2, -0.15) is 0 Å². The number of carbonyl (C=O) groups excluding carboxylic acids is 1. The Morgan fingerprint density at radius 2 is 1.79 bits per heavy atom. The summed E-state index contributed by atoms with van der Waals surface area (Å²) in [7, 11) is 0. The number of carbonyl (C=O) groups is 1. The summed E-state index contributed by atoms with van der Waals surface area (Å²) in [6.45, 7) is 5.39. The van der Waals surface area contributed by atoms with E-state index in [0.717, 1.165) is 44.5 Å². The molecule has 1 aliphatic carbocycles. The van der Waals surface area contributed by atoms with Gasteiger partial charge in [0.25, 0.3) is 0 Å². The maximum absolute atomic E-state index is 13.2. The van der Waals surface area contributed by atoms with Crippen molar-refractivity contribution in [1.29, 1.82) is 0 Å². The van der Waals surface area contributed by atoms with Gasteiger partial charge in [-0.1, -0.05) is 18.6 Å². The zero-order chi connectivity index (χ0) is 16.6. The highest BCUT2D eigenvalue weighted by Crippen LogP contribution is 2.50. The van der Waals surface area contributed by atoms with Crippen molar-refractivity contribution in [2.45, 2.75) is 43.9 Å². The maximum Gasteiger partial charge on any atom is 0.233 e. The number of hydrogen-bond acceptors (Lipinski definition) is 2. The molecule has 3 fully saturated rings. The smallest absolute Gasteiger partial charge is 0.233 e. The topological polar surface area (TPSA) is 23.6 Å². The van der Waals surface area contributed by atoms with Gasteiger partial charge in [0.1, 0.15) is 5.82 Å². The minimum atomic E-state index is -0.353. The van der Waals surface area contributed by atoms with Crippen LogP contribution in [0.25, 0.3) is 0 Å². The van der Waals surface area contributed by atoms with Gasteiger partial charge in [0.05, 0.1) is 5.41 Å². The number of amides is 1. The lowest BCUT2D eigenvalue weighted by Crippen LogP contribution is -2.39. The third-order valence-corrected chi connectivity index (χ3v) is 6.09. The van der Waals surface area contributed by atoms with Crippen LogP contribution < -0.4 is 0 Å². The van der Waals surface area contributed by atoms with Gasteiger partial charge >= 0.3 is 0 Å². The molecule has 4 rings (SSSR count). The van der Waals surface area contributed by atoms with Crippen LogP contribution in [0.15, 0.2) is 24.3 Å². The lowest BCUT2D eigenvalue weighted by Gasteiger charge is -2.29. The number of halogens is 1. The zero-order valence-corrected chi connectivity index (χ0v) is 14.3. The summed E-state index contributed by atoms with van der Waals surface area (Å²) in [4.78, 5) is 17.7. The average Bonchev–Trinajstić information content (AvgIpc) is 3.29. The lowest BCUT2D eigenvalue weighted by molar-refractivity contribution is -0.133. The van der Waals surface area contributed by atoms with Crippen molar-refractivity contribution in [1.82, 2.24) is 9.80 Å². The predicted molar refractivity (Wildman–Crippen MR) is 92.3 cm³/mol. The molecule has 0 bridgehead atoms. The van der Waals surface area contributed by atoms with E-state index in [-0.39, 0.29) is 17.1 Å². The van der Waals surface area contributed by atoms with Gasteiger partial charge in [-0.05, 0) is 68.8 Å². The maximum atomic E-state index is 13.2. The van der Waals surface area contributed by atoms with Crippen molar-refractivity contribution in [3.8, 4) is 0 Å². The van der Waals surface area contributed by atoms with Crippen LogP contribution in [0.3, 0.4) is 0 Å². The summed E-state index contributed by atoms with van der Waals surface area (Å²) in [5.74, 6) is 0.663. The highest BCUT2D eigenvalue weighted by atomic mass is 19.1. The van der Waals surface area contributed by atoms with Crippen LogP contribution in [0.5, 0.6) is 0 Å². The molecule has 24 heavy (non-hydrogen) atoms. The highest BCUT2D eigenvalue weighted by molar-refractivity contribution is 5.91. The second-order valence-corrected chi connectivity index (χ2v) is 7.86. The molecule has 2 saturated heterocycles. The average molecular weight is 330 g/mol. The number of nitrogens with zero attached hydrogens (tertiary/aromatic N) is 2. The Kier molecular flexibility index (Phi) is 4.33. The van der Waals surface area contributed by atoms with E-state index in [9.17, 15) is 9.18 Å². The molecule has 0 spiro atoms. The standard InChI is InChI=1S/C20H27FN2O/c21-18-6-4-17(5-7-18)20(9-10-20)19(24)23-13-8-16(15-23)14-22-11-2-1-3-12-22/h4-7,16H,1-3,8-15H2/t16-/m0/s1. The van der Waals surface area contributed by atoms with E-state index in [1.807, 2.05) is 0 Å². The minimum Gasteiger partial charge on any atom is -0.342 e. The molecule has 2 heterocycles. The van der Waals surface area contributed by atoms with E-state index in [0.29, 0.717) is 5.92 Å². The molecule has 1 atom stereocenters. The van der Waals surface area contributed by atoms with Crippen molar-refractivity contribution in [2.75, 3.05) is 32.7 Å². The van der Waals surface area contributed by atoms with Crippen LogP contribution in [0.4, 0.5) is 4.39 Å². The Bertz CT molecular complexity index is 590. The summed E-state index contributed by atoms with van der Waals surface area (Å²) < 4.78 is 13.2. The monoisotopic (exact) mass is 330 g/mol. The van der Waals surface area contributed by atoms with E-state index in [1.165, 1.54) is 44.5 Å². The first-order valence-corrected chi connectivity index (χ1v) is 9.45. The minimum absolute atomic E-state index is 0.232. The van der Waals surface area contributed by atoms with E-state index >= 15 is 0 Å². The fourth-order valence-corrected chi connectivity index (χ4v) is 4.50. The SMILES string of the molecule is O=C(N1CC[C@@H](CN2CCCCC2)C1)C1(c2ccc(F)cc2)CC1. The van der Waals surface area contributed by atoms with Gasteiger partial charge < -0.3 is 9.80 Å². The molecular weight excluding hydrogens is 303 g/mol. The molecule has 4 heteroatoms. The molecule has 0 aromatic heterocycles. The zero-order valence-electron chi connectivity index (χ0n) is 14.3. The predicted octanol–water partition coefficient (Wildman–Crippen LogP) is 3.19. The normalized spacial score (nSPS) is 26.5. The quantitative estimate of drug-likeness (QED) is 0.846. The van der Waals surface area contributed by atoms with Crippen LogP contribution in [0, 0.1) is 11.7 Å². The van der Waals surface area contributed by atoms with Gasteiger partial charge in [0.15, 0.2) is 0 Å². The Balaban J connectivity index is 1.38. The number of hydrogen-bond donors (Lipinski definition) is 0. The molecule has 1 aromatic carbocycles. The summed E-state index contributed by atoms with van der Waals surface area (Å²) in [5.41, 5.74) is 0.640. The summed E-state index contributed by atoms with van der Waals surface area (Å²) in [5, 5.41) is 0. The largest absolute Gasteiger partial charge is 0.342 e. The third kappa shape index (κ3) is 3.08. The van der Waals surface area contributed by atoms with Crippen molar-refractivity contribution >= 4 is 5.91 Å². The molecule has 3 nitrogen and oxygen atoms in total. The van der Waals surface area contributed by atoms with Crippen LogP contribution in [0.2, 0.25) is 0 Å². The number of benzene rings is 1. The fraction of sp³-hybridized carbons (Fsp3) is 0.650. The summed E-state index contributed by atoms with van der Waals surface area (Å²) >= 11 is 0. The number of rotatable bonds is 4. The van der Waals surface area contributed by atoms with Crippen LogP contribution in [-0.2, 0) is 10.2 Å². The van der Waals surface area contributed by atoms with Crippen LogP contribution >= 0.6 is 0 Å². The van der Waals surface area contributed by atoms with Gasteiger partial charge in [-0.3, -0.25) is 4.79 Å². The molecule has 0 unspecified atom stereocenters. The van der Waals surface area contributed by atoms with Gasteiger partial charge in [0, 0.05) is 19.6 Å². The van der Waals surface area contributed by atoms with Crippen LogP contribution in [-0.4, -0.2) is 48.4 Å². The van der Waals surface area contributed by atoms with Gasteiger partial charge in [-0.15, -0.1) is 0 Å². The highest BCUT2D eigenvalue weighted by Gasteiger charge is 2.53. The van der Waals surface area contributed by atoms with Crippen molar-refractivity contribution in [3.63, 3.8) is 0 Å². The first-order valence-electron chi connectivity index (χ1n) is 9.45. The third-order valence-electron chi connectivity index (χ3n) is 6.09. The first kappa shape index (κ1) is 16.1. The summed E-state index contributed by atoms with van der Waals surface area (Å²) in [6.07, 6.45) is 6.95. The first-order chi connectivity index (χ1) is 11.7. The molecule has 2 aliphatic heterocycles. The molecule has 1 amide bonds.